The maximum Gasteiger partial charge on any atom is 0.233 e. The second-order valence-electron chi connectivity index (χ2n) is 5.22. The lowest BCUT2D eigenvalue weighted by atomic mass is 10.1. The quantitative estimate of drug-likeness (QED) is 0.624. The van der Waals surface area contributed by atoms with E-state index in [1.165, 1.54) is 5.06 Å². The maximum atomic E-state index is 10.8. The van der Waals surface area contributed by atoms with E-state index in [0.717, 1.165) is 18.4 Å². The Balaban J connectivity index is 2.35. The van der Waals surface area contributed by atoms with Crippen LogP contribution in [0.25, 0.3) is 0 Å². The van der Waals surface area contributed by atoms with Crippen LogP contribution in [0.1, 0.15) is 32.8 Å². The van der Waals surface area contributed by atoms with Gasteiger partial charge in [-0.2, -0.15) is 0 Å². The standard InChI is InChI=1S/C14H21NO3/c1-14(2,3)18-15(11-16)10-4-5-12-6-8-13(17)9-7-12/h6-9,11,17H,4-5,10H2,1-3H3. The van der Waals surface area contributed by atoms with Crippen molar-refractivity contribution in [3.63, 3.8) is 0 Å². The molecule has 1 rings (SSSR count). The fourth-order valence-corrected chi connectivity index (χ4v) is 1.57. The third kappa shape index (κ3) is 5.68. The lowest BCUT2D eigenvalue weighted by molar-refractivity contribution is -0.216. The molecule has 0 radical (unpaired) electrons. The number of amides is 1. The van der Waals surface area contributed by atoms with Crippen molar-refractivity contribution in [3.05, 3.63) is 29.8 Å². The Labute approximate surface area is 108 Å². The number of carbonyl (C=O) groups excluding carboxylic acids is 1. The molecule has 0 saturated heterocycles. The zero-order valence-electron chi connectivity index (χ0n) is 11.2. The normalized spacial score (nSPS) is 11.3. The van der Waals surface area contributed by atoms with Crippen LogP contribution in [0.3, 0.4) is 0 Å². The first-order chi connectivity index (χ1) is 8.40. The van der Waals surface area contributed by atoms with Gasteiger partial charge in [0.15, 0.2) is 0 Å². The Kier molecular flexibility index (Phi) is 5.16. The highest BCUT2D eigenvalue weighted by atomic mass is 16.7. The molecule has 0 unspecified atom stereocenters. The summed E-state index contributed by atoms with van der Waals surface area (Å²) in [6.07, 6.45) is 2.37. The number of hydrogen-bond donors (Lipinski definition) is 1. The number of nitrogens with zero attached hydrogens (tertiary/aromatic N) is 1. The summed E-state index contributed by atoms with van der Waals surface area (Å²) in [5, 5.41) is 10.5. The van der Waals surface area contributed by atoms with Gasteiger partial charge in [-0.3, -0.25) is 9.63 Å². The summed E-state index contributed by atoms with van der Waals surface area (Å²) in [5.74, 6) is 0.268. The van der Waals surface area contributed by atoms with E-state index in [1.54, 1.807) is 12.1 Å². The summed E-state index contributed by atoms with van der Waals surface area (Å²) < 4.78 is 0. The maximum absolute atomic E-state index is 10.8. The smallest absolute Gasteiger partial charge is 0.233 e. The fourth-order valence-electron chi connectivity index (χ4n) is 1.57. The molecule has 4 nitrogen and oxygen atoms in total. The van der Waals surface area contributed by atoms with E-state index in [-0.39, 0.29) is 11.4 Å². The van der Waals surface area contributed by atoms with E-state index in [0.29, 0.717) is 13.0 Å². The van der Waals surface area contributed by atoms with Gasteiger partial charge in [-0.1, -0.05) is 12.1 Å². The predicted octanol–water partition coefficient (Wildman–Crippen LogP) is 2.51. The number of carbonyl (C=O) groups is 1. The van der Waals surface area contributed by atoms with Crippen molar-refractivity contribution in [2.45, 2.75) is 39.2 Å². The van der Waals surface area contributed by atoms with Crippen molar-refractivity contribution >= 4 is 6.41 Å². The zero-order chi connectivity index (χ0) is 13.6. The lowest BCUT2D eigenvalue weighted by Gasteiger charge is -2.26. The summed E-state index contributed by atoms with van der Waals surface area (Å²) in [4.78, 5) is 16.3. The Morgan fingerprint density at radius 1 is 1.28 bits per heavy atom. The van der Waals surface area contributed by atoms with Crippen LogP contribution in [0.5, 0.6) is 5.75 Å². The van der Waals surface area contributed by atoms with Crippen molar-refractivity contribution in [1.82, 2.24) is 5.06 Å². The Bertz CT molecular complexity index is 368. The summed E-state index contributed by atoms with van der Waals surface area (Å²) in [6.45, 7) is 6.28. The monoisotopic (exact) mass is 251 g/mol. The minimum atomic E-state index is -0.362. The highest BCUT2D eigenvalue weighted by molar-refractivity contribution is 5.45. The van der Waals surface area contributed by atoms with Crippen LogP contribution < -0.4 is 0 Å². The first-order valence-electron chi connectivity index (χ1n) is 6.10. The second kappa shape index (κ2) is 6.40. The van der Waals surface area contributed by atoms with Gasteiger partial charge in [0.2, 0.25) is 6.41 Å². The number of benzene rings is 1. The van der Waals surface area contributed by atoms with Crippen LogP contribution in [-0.2, 0) is 16.1 Å². The molecule has 0 aliphatic heterocycles. The number of aromatic hydroxyl groups is 1. The van der Waals surface area contributed by atoms with Gasteiger partial charge in [0.25, 0.3) is 0 Å². The van der Waals surface area contributed by atoms with E-state index < -0.39 is 0 Å². The van der Waals surface area contributed by atoms with E-state index in [1.807, 2.05) is 32.9 Å². The Hall–Kier alpha value is -1.55. The number of phenolic OH excluding ortho intramolecular Hbond substituents is 1. The van der Waals surface area contributed by atoms with Crippen molar-refractivity contribution < 1.29 is 14.7 Å². The van der Waals surface area contributed by atoms with E-state index in [9.17, 15) is 4.79 Å². The average Bonchev–Trinajstić information content (AvgIpc) is 2.29. The molecular formula is C14H21NO3. The fraction of sp³-hybridized carbons (Fsp3) is 0.500. The van der Waals surface area contributed by atoms with Crippen molar-refractivity contribution in [1.29, 1.82) is 0 Å². The molecule has 0 aliphatic carbocycles. The minimum Gasteiger partial charge on any atom is -0.508 e. The molecule has 0 aliphatic rings. The molecule has 1 aromatic rings. The van der Waals surface area contributed by atoms with Crippen LogP contribution in [0.2, 0.25) is 0 Å². The summed E-state index contributed by atoms with van der Waals surface area (Å²) >= 11 is 0. The van der Waals surface area contributed by atoms with Crippen LogP contribution >= 0.6 is 0 Å². The molecule has 0 fully saturated rings. The van der Waals surface area contributed by atoms with Crippen LogP contribution in [0.4, 0.5) is 0 Å². The van der Waals surface area contributed by atoms with Gasteiger partial charge in [0, 0.05) is 6.54 Å². The number of hydroxylamine groups is 2. The van der Waals surface area contributed by atoms with Crippen molar-refractivity contribution in [2.75, 3.05) is 6.54 Å². The van der Waals surface area contributed by atoms with Crippen LogP contribution in [0, 0.1) is 0 Å². The van der Waals surface area contributed by atoms with Gasteiger partial charge < -0.3 is 5.11 Å². The summed E-state index contributed by atoms with van der Waals surface area (Å²) in [7, 11) is 0. The highest BCUT2D eigenvalue weighted by Crippen LogP contribution is 2.13. The SMILES string of the molecule is CC(C)(C)ON(C=O)CCCc1ccc(O)cc1. The summed E-state index contributed by atoms with van der Waals surface area (Å²) in [5.41, 5.74) is 0.772. The van der Waals surface area contributed by atoms with E-state index in [4.69, 9.17) is 9.94 Å². The van der Waals surface area contributed by atoms with Gasteiger partial charge in [-0.25, -0.2) is 5.06 Å². The second-order valence-corrected chi connectivity index (χ2v) is 5.22. The minimum absolute atomic E-state index is 0.268. The molecule has 0 bridgehead atoms. The Morgan fingerprint density at radius 2 is 1.89 bits per heavy atom. The van der Waals surface area contributed by atoms with E-state index in [2.05, 4.69) is 0 Å². The van der Waals surface area contributed by atoms with Gasteiger partial charge >= 0.3 is 0 Å². The largest absolute Gasteiger partial charge is 0.508 e. The van der Waals surface area contributed by atoms with Gasteiger partial charge in [0.05, 0.1) is 5.60 Å². The van der Waals surface area contributed by atoms with Crippen molar-refractivity contribution in [2.24, 2.45) is 0 Å². The lowest BCUT2D eigenvalue weighted by Crippen LogP contribution is -2.33. The topological polar surface area (TPSA) is 49.8 Å². The third-order valence-electron chi connectivity index (χ3n) is 2.29. The van der Waals surface area contributed by atoms with E-state index >= 15 is 0 Å². The molecule has 0 heterocycles. The molecular weight excluding hydrogens is 230 g/mol. The zero-order valence-corrected chi connectivity index (χ0v) is 11.2. The number of rotatable bonds is 6. The molecule has 0 saturated carbocycles. The molecule has 4 heteroatoms. The predicted molar refractivity (Wildman–Crippen MR) is 70.0 cm³/mol. The number of aryl methyl sites for hydroxylation is 1. The molecule has 18 heavy (non-hydrogen) atoms. The van der Waals surface area contributed by atoms with Crippen LogP contribution in [-0.4, -0.2) is 28.7 Å². The van der Waals surface area contributed by atoms with Gasteiger partial charge in [-0.05, 0) is 51.3 Å². The van der Waals surface area contributed by atoms with Crippen molar-refractivity contribution in [3.8, 4) is 5.75 Å². The Morgan fingerprint density at radius 3 is 2.39 bits per heavy atom. The molecule has 0 aromatic heterocycles. The highest BCUT2D eigenvalue weighted by Gasteiger charge is 2.15. The molecule has 100 valence electrons. The molecule has 0 atom stereocenters. The third-order valence-corrected chi connectivity index (χ3v) is 2.29. The molecule has 0 spiro atoms. The first-order valence-corrected chi connectivity index (χ1v) is 6.10. The first kappa shape index (κ1) is 14.5. The molecule has 1 amide bonds. The van der Waals surface area contributed by atoms with Gasteiger partial charge in [0.1, 0.15) is 5.75 Å². The average molecular weight is 251 g/mol. The number of phenols is 1. The number of hydrogen-bond acceptors (Lipinski definition) is 3. The summed E-state index contributed by atoms with van der Waals surface area (Å²) in [6, 6.07) is 7.09. The molecule has 1 N–H and O–H groups in total. The van der Waals surface area contributed by atoms with Gasteiger partial charge in [-0.15, -0.1) is 0 Å². The molecule has 1 aromatic carbocycles. The van der Waals surface area contributed by atoms with Crippen LogP contribution in [0.15, 0.2) is 24.3 Å².